The topological polar surface area (TPSA) is 109 Å². The van der Waals surface area contributed by atoms with Crippen LogP contribution in [0.4, 0.5) is 10.8 Å². The van der Waals surface area contributed by atoms with Crippen molar-refractivity contribution in [2.75, 3.05) is 17.2 Å². The van der Waals surface area contributed by atoms with Crippen molar-refractivity contribution in [3.05, 3.63) is 129 Å². The highest BCUT2D eigenvalue weighted by Gasteiger charge is 2.18. The molecule has 0 saturated heterocycles. The summed E-state index contributed by atoms with van der Waals surface area (Å²) >= 11 is 14.8. The molecular weight excluding hydrogens is 687 g/mol. The van der Waals surface area contributed by atoms with E-state index >= 15 is 0 Å². The molecule has 0 aliphatic carbocycles. The first-order chi connectivity index (χ1) is 23.2. The van der Waals surface area contributed by atoms with Crippen molar-refractivity contribution in [3.63, 3.8) is 0 Å². The number of aromatic nitrogens is 1. The van der Waals surface area contributed by atoms with E-state index in [1.807, 2.05) is 36.6 Å². The first kappa shape index (κ1) is 34.7. The Labute approximate surface area is 296 Å². The summed E-state index contributed by atoms with van der Waals surface area (Å²) in [4.78, 5) is 44.6. The number of ether oxygens (including phenoxy) is 1. The third-order valence-corrected chi connectivity index (χ3v) is 9.38. The number of benzene rings is 4. The maximum absolute atomic E-state index is 13.4. The molecule has 48 heavy (non-hydrogen) atoms. The van der Waals surface area contributed by atoms with Crippen molar-refractivity contribution >= 4 is 80.9 Å². The fraction of sp³-hybridized carbons (Fsp3) is 0.111. The molecular formula is C36H30Cl2N4O4S2. The lowest BCUT2D eigenvalue weighted by atomic mass is 10.1. The second kappa shape index (κ2) is 16.5. The number of thiazole rings is 1. The lowest BCUT2D eigenvalue weighted by molar-refractivity contribution is -0.115. The van der Waals surface area contributed by atoms with Crippen LogP contribution in [0.1, 0.15) is 29.8 Å². The summed E-state index contributed by atoms with van der Waals surface area (Å²) in [6, 6.07) is 28.2. The molecule has 8 nitrogen and oxygen atoms in total. The quantitative estimate of drug-likeness (QED) is 0.0878. The maximum Gasteiger partial charge on any atom is 0.272 e. The minimum Gasteiger partial charge on any atom is -0.494 e. The van der Waals surface area contributed by atoms with Crippen LogP contribution in [0.3, 0.4) is 0 Å². The molecule has 0 bridgehead atoms. The molecule has 0 aliphatic heterocycles. The second-order valence-corrected chi connectivity index (χ2v) is 13.4. The molecule has 4 aromatic carbocycles. The number of carbonyl (C=O) groups is 3. The van der Waals surface area contributed by atoms with Gasteiger partial charge in [-0.05, 0) is 86.2 Å². The largest absolute Gasteiger partial charge is 0.494 e. The number of nitrogens with one attached hydrogen (secondary N) is 3. The molecule has 0 fully saturated rings. The van der Waals surface area contributed by atoms with E-state index in [0.717, 1.165) is 10.5 Å². The van der Waals surface area contributed by atoms with Gasteiger partial charge in [-0.2, -0.15) is 0 Å². The van der Waals surface area contributed by atoms with Crippen molar-refractivity contribution in [2.24, 2.45) is 0 Å². The highest BCUT2D eigenvalue weighted by atomic mass is 35.5. The number of amides is 3. The Hall–Kier alpha value is -4.61. The highest BCUT2D eigenvalue weighted by molar-refractivity contribution is 8.00. The third kappa shape index (κ3) is 9.48. The molecule has 3 N–H and O–H groups in total. The van der Waals surface area contributed by atoms with Gasteiger partial charge in [-0.25, -0.2) is 4.98 Å². The van der Waals surface area contributed by atoms with Crippen molar-refractivity contribution in [2.45, 2.75) is 24.0 Å². The summed E-state index contributed by atoms with van der Waals surface area (Å²) in [5.41, 5.74) is 3.20. The van der Waals surface area contributed by atoms with Gasteiger partial charge in [-0.1, -0.05) is 59.6 Å². The molecule has 3 amide bonds. The van der Waals surface area contributed by atoms with Gasteiger partial charge in [0.2, 0.25) is 5.91 Å². The number of halogens is 2. The number of rotatable bonds is 12. The predicted octanol–water partition coefficient (Wildman–Crippen LogP) is 9.04. The molecule has 0 radical (unpaired) electrons. The Morgan fingerprint density at radius 1 is 0.917 bits per heavy atom. The molecule has 0 aliphatic rings. The van der Waals surface area contributed by atoms with Gasteiger partial charge in [-0.3, -0.25) is 14.4 Å². The van der Waals surface area contributed by atoms with Gasteiger partial charge in [0.1, 0.15) is 11.4 Å². The van der Waals surface area contributed by atoms with Crippen LogP contribution in [0.15, 0.2) is 113 Å². The molecule has 5 aromatic rings. The van der Waals surface area contributed by atoms with Crippen LogP contribution in [-0.4, -0.2) is 34.6 Å². The number of hydrogen-bond donors (Lipinski definition) is 3. The first-order valence-electron chi connectivity index (χ1n) is 14.8. The minimum absolute atomic E-state index is 0.0706. The molecule has 0 spiro atoms. The fourth-order valence-electron chi connectivity index (χ4n) is 4.34. The van der Waals surface area contributed by atoms with Crippen molar-refractivity contribution < 1.29 is 19.1 Å². The van der Waals surface area contributed by atoms with Crippen LogP contribution < -0.4 is 20.7 Å². The molecule has 5 rings (SSSR count). The van der Waals surface area contributed by atoms with E-state index in [1.165, 1.54) is 23.1 Å². The van der Waals surface area contributed by atoms with Crippen molar-refractivity contribution in [1.82, 2.24) is 10.3 Å². The zero-order valence-electron chi connectivity index (χ0n) is 25.8. The van der Waals surface area contributed by atoms with Crippen LogP contribution in [0, 0.1) is 0 Å². The van der Waals surface area contributed by atoms with E-state index in [-0.39, 0.29) is 11.6 Å². The first-order valence-corrected chi connectivity index (χ1v) is 17.3. The van der Waals surface area contributed by atoms with Gasteiger partial charge in [0.25, 0.3) is 11.8 Å². The molecule has 1 heterocycles. The number of carbonyl (C=O) groups excluding carboxylic acids is 3. The lowest BCUT2D eigenvalue weighted by Gasteiger charge is -2.13. The van der Waals surface area contributed by atoms with Gasteiger partial charge in [-0.15, -0.1) is 23.1 Å². The van der Waals surface area contributed by atoms with Crippen LogP contribution in [0.5, 0.6) is 5.75 Å². The highest BCUT2D eigenvalue weighted by Crippen LogP contribution is 2.31. The normalized spacial score (nSPS) is 11.8. The van der Waals surface area contributed by atoms with E-state index in [4.69, 9.17) is 27.9 Å². The molecule has 1 aromatic heterocycles. The van der Waals surface area contributed by atoms with Gasteiger partial charge in [0.05, 0.1) is 27.6 Å². The summed E-state index contributed by atoms with van der Waals surface area (Å²) in [5, 5.41) is 11.2. The second-order valence-electron chi connectivity index (χ2n) is 10.3. The average molecular weight is 718 g/mol. The van der Waals surface area contributed by atoms with Gasteiger partial charge in [0.15, 0.2) is 5.13 Å². The summed E-state index contributed by atoms with van der Waals surface area (Å²) in [5.74, 6) is -0.406. The minimum atomic E-state index is -0.495. The number of anilines is 2. The lowest BCUT2D eigenvalue weighted by Crippen LogP contribution is -2.30. The molecule has 0 saturated carbocycles. The molecule has 244 valence electrons. The number of hydrogen-bond acceptors (Lipinski definition) is 7. The van der Waals surface area contributed by atoms with E-state index in [1.54, 1.807) is 85.8 Å². The van der Waals surface area contributed by atoms with Gasteiger partial charge >= 0.3 is 0 Å². The van der Waals surface area contributed by atoms with E-state index in [2.05, 4.69) is 20.9 Å². The Balaban J connectivity index is 1.21. The van der Waals surface area contributed by atoms with E-state index < -0.39 is 17.1 Å². The smallest absolute Gasteiger partial charge is 0.272 e. The number of nitrogens with zero attached hydrogens (tertiary/aromatic N) is 1. The Bertz CT molecular complexity index is 1930. The van der Waals surface area contributed by atoms with E-state index in [0.29, 0.717) is 50.0 Å². The average Bonchev–Trinajstić information content (AvgIpc) is 3.56. The zero-order chi connectivity index (χ0) is 34.0. The fourth-order valence-corrected chi connectivity index (χ4v) is 6.22. The SMILES string of the molecule is CCOc1ccc(/C=C(\NC(=O)c2ccccc2)C(=O)Nc2ccc(SC(C)C(=O)Nc3nc(-c4ccc(Cl)c(Cl)c4)cs3)cc2)cc1. The summed E-state index contributed by atoms with van der Waals surface area (Å²) in [6.45, 7) is 4.24. The predicted molar refractivity (Wildman–Crippen MR) is 196 cm³/mol. The molecule has 1 atom stereocenters. The van der Waals surface area contributed by atoms with Crippen LogP contribution in [0.2, 0.25) is 10.0 Å². The summed E-state index contributed by atoms with van der Waals surface area (Å²) in [7, 11) is 0. The summed E-state index contributed by atoms with van der Waals surface area (Å²) < 4.78 is 5.51. The Morgan fingerprint density at radius 3 is 2.33 bits per heavy atom. The Kier molecular flexibility index (Phi) is 11.9. The monoisotopic (exact) mass is 716 g/mol. The van der Waals surface area contributed by atoms with E-state index in [9.17, 15) is 14.4 Å². The van der Waals surface area contributed by atoms with Gasteiger partial charge in [0, 0.05) is 27.1 Å². The molecule has 12 heteroatoms. The zero-order valence-corrected chi connectivity index (χ0v) is 29.0. The Morgan fingerprint density at radius 2 is 1.65 bits per heavy atom. The maximum atomic E-state index is 13.4. The van der Waals surface area contributed by atoms with Crippen LogP contribution in [0.25, 0.3) is 17.3 Å². The third-order valence-electron chi connectivity index (χ3n) is 6.77. The summed E-state index contributed by atoms with van der Waals surface area (Å²) in [6.07, 6.45) is 1.60. The van der Waals surface area contributed by atoms with Gasteiger partial charge < -0.3 is 20.7 Å². The standard InChI is InChI=1S/C36H30Cl2N4O4S2/c1-3-46-27-14-9-23(10-15-27)19-31(40-34(44)24-7-5-4-6-8-24)35(45)39-26-12-16-28(17-13-26)48-22(2)33(43)42-36-41-32(21-47-36)25-11-18-29(37)30(38)20-25/h4-22H,3H2,1-2H3,(H,39,45)(H,40,44)(H,41,42,43)/b31-19-. The van der Waals surface area contributed by atoms with Crippen LogP contribution in [-0.2, 0) is 9.59 Å². The van der Waals surface area contributed by atoms with Crippen molar-refractivity contribution in [1.29, 1.82) is 0 Å². The molecule has 1 unspecified atom stereocenters. The van der Waals surface area contributed by atoms with Crippen LogP contribution >= 0.6 is 46.3 Å². The number of thioether (sulfide) groups is 1. The van der Waals surface area contributed by atoms with Crippen molar-refractivity contribution in [3.8, 4) is 17.0 Å².